The van der Waals surface area contributed by atoms with Gasteiger partial charge in [0.05, 0.1) is 0 Å². The zero-order valence-corrected chi connectivity index (χ0v) is 10.2. The number of hydrogen-bond acceptors (Lipinski definition) is 3. The number of benzene rings is 1. The maximum absolute atomic E-state index is 5.54. The molecular formula is C15H12N3O+. The van der Waals surface area contributed by atoms with Crippen molar-refractivity contribution in [3.05, 3.63) is 67.3 Å². The van der Waals surface area contributed by atoms with E-state index < -0.39 is 0 Å². The van der Waals surface area contributed by atoms with E-state index in [9.17, 15) is 0 Å². The lowest BCUT2D eigenvalue weighted by molar-refractivity contribution is -0.377. The lowest BCUT2D eigenvalue weighted by atomic mass is 10.2. The van der Waals surface area contributed by atoms with E-state index in [2.05, 4.69) is 15.0 Å². The van der Waals surface area contributed by atoms with Gasteiger partial charge < -0.3 is 4.74 Å². The zero-order valence-electron chi connectivity index (χ0n) is 10.2. The van der Waals surface area contributed by atoms with E-state index in [1.807, 2.05) is 54.9 Å². The summed E-state index contributed by atoms with van der Waals surface area (Å²) in [6, 6.07) is 13.7. The number of nitrogens with one attached hydrogen (secondary N) is 1. The first-order chi connectivity index (χ1) is 9.42. The summed E-state index contributed by atoms with van der Waals surface area (Å²) in [6.07, 6.45) is 7.25. The number of para-hydroxylation sites is 1. The Labute approximate surface area is 110 Å². The number of rotatable bonds is 3. The molecule has 3 rings (SSSR count). The highest BCUT2D eigenvalue weighted by molar-refractivity contribution is 5.59. The van der Waals surface area contributed by atoms with Crippen LogP contribution in [0.3, 0.4) is 0 Å². The first-order valence-corrected chi connectivity index (χ1v) is 5.93. The van der Waals surface area contributed by atoms with Gasteiger partial charge in [-0.25, -0.2) is 15.0 Å². The van der Waals surface area contributed by atoms with Crippen LogP contribution in [-0.2, 0) is 0 Å². The molecule has 2 heterocycles. The van der Waals surface area contributed by atoms with Crippen LogP contribution in [0.25, 0.3) is 11.1 Å². The van der Waals surface area contributed by atoms with E-state index >= 15 is 0 Å². The van der Waals surface area contributed by atoms with Crippen molar-refractivity contribution in [1.82, 2.24) is 9.97 Å². The Bertz CT molecular complexity index is 639. The fraction of sp³-hybridized carbons (Fsp3) is 0. The van der Waals surface area contributed by atoms with Crippen LogP contribution in [0, 0.1) is 0 Å². The van der Waals surface area contributed by atoms with Crippen molar-refractivity contribution in [3.8, 4) is 22.9 Å². The molecule has 1 N–H and O–H groups in total. The molecule has 0 bridgehead atoms. The lowest BCUT2D eigenvalue weighted by Crippen LogP contribution is -1.99. The second-order valence-electron chi connectivity index (χ2n) is 3.96. The molecule has 19 heavy (non-hydrogen) atoms. The van der Waals surface area contributed by atoms with Crippen LogP contribution in [0.1, 0.15) is 0 Å². The molecule has 0 spiro atoms. The molecule has 4 heteroatoms. The van der Waals surface area contributed by atoms with E-state index in [-0.39, 0.29) is 0 Å². The molecule has 0 saturated heterocycles. The van der Waals surface area contributed by atoms with E-state index in [1.54, 1.807) is 12.4 Å². The van der Waals surface area contributed by atoms with Crippen LogP contribution in [0.5, 0.6) is 11.8 Å². The minimum absolute atomic E-state index is 0.342. The molecule has 0 atom stereocenters. The lowest BCUT2D eigenvalue weighted by Gasteiger charge is -2.03. The van der Waals surface area contributed by atoms with Gasteiger partial charge in [0.2, 0.25) is 0 Å². The summed E-state index contributed by atoms with van der Waals surface area (Å²) in [6.45, 7) is 0. The van der Waals surface area contributed by atoms with Gasteiger partial charge in [-0.15, -0.1) is 0 Å². The maximum Gasteiger partial charge on any atom is 0.321 e. The molecule has 0 amide bonds. The van der Waals surface area contributed by atoms with Crippen LogP contribution in [0.4, 0.5) is 0 Å². The molecule has 2 aromatic heterocycles. The molecule has 0 aliphatic heterocycles. The predicted molar refractivity (Wildman–Crippen MR) is 70.5 cm³/mol. The largest absolute Gasteiger partial charge is 0.424 e. The molecule has 0 aliphatic carbocycles. The number of hydrogen-bond donors (Lipinski definition) is 0. The van der Waals surface area contributed by atoms with Crippen LogP contribution in [0.15, 0.2) is 67.3 Å². The standard InChI is InChI=1S/C15H11N3O/c1-2-6-14(7-3-1)19-15-17-10-13(11-18-15)12-5-4-8-16-9-12/h1-11H/p+1. The monoisotopic (exact) mass is 250 g/mol. The number of ether oxygens (including phenoxy) is 1. The summed E-state index contributed by atoms with van der Waals surface area (Å²) in [7, 11) is 0. The summed E-state index contributed by atoms with van der Waals surface area (Å²) in [5, 5.41) is 0. The van der Waals surface area contributed by atoms with Gasteiger partial charge in [0.25, 0.3) is 0 Å². The smallest absolute Gasteiger partial charge is 0.321 e. The van der Waals surface area contributed by atoms with Gasteiger partial charge in [0.1, 0.15) is 5.75 Å². The Morgan fingerprint density at radius 1 is 0.842 bits per heavy atom. The highest BCUT2D eigenvalue weighted by Gasteiger charge is 2.03. The highest BCUT2D eigenvalue weighted by atomic mass is 16.5. The minimum Gasteiger partial charge on any atom is -0.424 e. The average molecular weight is 250 g/mol. The van der Waals surface area contributed by atoms with E-state index in [1.165, 1.54) is 0 Å². The Morgan fingerprint density at radius 3 is 2.32 bits per heavy atom. The molecule has 0 saturated carbocycles. The average Bonchev–Trinajstić information content (AvgIpc) is 2.50. The summed E-state index contributed by atoms with van der Waals surface area (Å²) in [5.41, 5.74) is 1.98. The Balaban J connectivity index is 1.80. The fourth-order valence-corrected chi connectivity index (χ4v) is 1.68. The normalized spacial score (nSPS) is 10.1. The molecule has 0 unspecified atom stereocenters. The maximum atomic E-state index is 5.54. The van der Waals surface area contributed by atoms with Crippen molar-refractivity contribution in [1.29, 1.82) is 0 Å². The number of H-pyrrole nitrogens is 1. The third-order valence-electron chi connectivity index (χ3n) is 2.62. The van der Waals surface area contributed by atoms with Crippen molar-refractivity contribution in [2.75, 3.05) is 0 Å². The van der Waals surface area contributed by atoms with Crippen molar-refractivity contribution >= 4 is 0 Å². The molecule has 3 aromatic rings. The van der Waals surface area contributed by atoms with Gasteiger partial charge in [-0.1, -0.05) is 18.2 Å². The third-order valence-corrected chi connectivity index (χ3v) is 2.62. The number of pyridine rings is 1. The minimum atomic E-state index is 0.342. The number of nitrogens with zero attached hydrogens (tertiary/aromatic N) is 2. The summed E-state index contributed by atoms with van der Waals surface area (Å²) in [4.78, 5) is 11.4. The summed E-state index contributed by atoms with van der Waals surface area (Å²) >= 11 is 0. The van der Waals surface area contributed by atoms with E-state index in [4.69, 9.17) is 4.74 Å². The van der Waals surface area contributed by atoms with Gasteiger partial charge in [0, 0.05) is 29.6 Å². The first kappa shape index (κ1) is 11.3. The molecule has 0 aliphatic rings. The molecule has 1 aromatic carbocycles. The second-order valence-corrected chi connectivity index (χ2v) is 3.96. The van der Waals surface area contributed by atoms with Crippen LogP contribution in [0.2, 0.25) is 0 Å². The fourth-order valence-electron chi connectivity index (χ4n) is 1.68. The van der Waals surface area contributed by atoms with Gasteiger partial charge >= 0.3 is 6.01 Å². The molecule has 4 nitrogen and oxygen atoms in total. The molecule has 0 radical (unpaired) electrons. The molecule has 92 valence electrons. The SMILES string of the molecule is c1ccc(Oc2ncc(-c3ccc[nH+]c3)cn2)cc1. The Hall–Kier alpha value is -2.75. The van der Waals surface area contributed by atoms with Gasteiger partial charge in [-0.05, 0) is 18.2 Å². The Morgan fingerprint density at radius 2 is 1.63 bits per heavy atom. The van der Waals surface area contributed by atoms with Crippen molar-refractivity contribution in [2.24, 2.45) is 0 Å². The number of aromatic amines is 1. The van der Waals surface area contributed by atoms with Gasteiger partial charge in [-0.2, -0.15) is 0 Å². The third kappa shape index (κ3) is 2.74. The van der Waals surface area contributed by atoms with Gasteiger partial charge in [-0.3, -0.25) is 0 Å². The van der Waals surface area contributed by atoms with Crippen LogP contribution in [-0.4, -0.2) is 9.97 Å². The number of aromatic nitrogens is 3. The highest BCUT2D eigenvalue weighted by Crippen LogP contribution is 2.19. The van der Waals surface area contributed by atoms with Crippen molar-refractivity contribution in [3.63, 3.8) is 0 Å². The molecule has 0 fully saturated rings. The summed E-state index contributed by atoms with van der Waals surface area (Å²) < 4.78 is 5.54. The quantitative estimate of drug-likeness (QED) is 0.718. The van der Waals surface area contributed by atoms with Gasteiger partial charge in [0.15, 0.2) is 12.4 Å². The summed E-state index contributed by atoms with van der Waals surface area (Å²) in [5.74, 6) is 0.725. The zero-order chi connectivity index (χ0) is 12.9. The molecular weight excluding hydrogens is 238 g/mol. The van der Waals surface area contributed by atoms with Crippen molar-refractivity contribution in [2.45, 2.75) is 0 Å². The first-order valence-electron chi connectivity index (χ1n) is 5.93. The predicted octanol–water partition coefficient (Wildman–Crippen LogP) is 2.75. The second kappa shape index (κ2) is 5.27. The van der Waals surface area contributed by atoms with Crippen molar-refractivity contribution < 1.29 is 9.72 Å². The Kier molecular flexibility index (Phi) is 3.14. The topological polar surface area (TPSA) is 49.2 Å². The van der Waals surface area contributed by atoms with E-state index in [0.717, 1.165) is 16.9 Å². The van der Waals surface area contributed by atoms with Crippen LogP contribution >= 0.6 is 0 Å². The van der Waals surface area contributed by atoms with E-state index in [0.29, 0.717) is 6.01 Å². The van der Waals surface area contributed by atoms with Crippen LogP contribution < -0.4 is 9.72 Å².